The second-order valence-corrected chi connectivity index (χ2v) is 7.20. The van der Waals surface area contributed by atoms with Crippen molar-refractivity contribution in [2.24, 2.45) is 0 Å². The van der Waals surface area contributed by atoms with Crippen molar-refractivity contribution in [3.05, 3.63) is 66.2 Å². The third-order valence-electron chi connectivity index (χ3n) is 3.86. The molecule has 2 amide bonds. The number of rotatable bonds is 6. The van der Waals surface area contributed by atoms with E-state index in [1.54, 1.807) is 24.0 Å². The monoisotopic (exact) mass is 432 g/mol. The van der Waals surface area contributed by atoms with Gasteiger partial charge in [-0.1, -0.05) is 54.5 Å². The molecule has 2 aromatic carbocycles. The molecule has 2 aromatic rings. The van der Waals surface area contributed by atoms with Gasteiger partial charge < -0.3 is 10.2 Å². The number of alkyl halides is 2. The fourth-order valence-corrected chi connectivity index (χ4v) is 2.82. The van der Waals surface area contributed by atoms with Gasteiger partial charge in [-0.2, -0.15) is 0 Å². The molecule has 0 spiro atoms. The molecule has 0 heterocycles. The van der Waals surface area contributed by atoms with Gasteiger partial charge in [0.25, 0.3) is 0 Å². The number of carbonyl (C=O) groups is 2. The van der Waals surface area contributed by atoms with Crippen LogP contribution in [0.1, 0.15) is 31.7 Å². The van der Waals surface area contributed by atoms with Crippen molar-refractivity contribution < 1.29 is 9.59 Å². The topological polar surface area (TPSA) is 49.4 Å². The first kappa shape index (κ1) is 24.6. The first-order valence-electron chi connectivity index (χ1n) is 9.20. The Morgan fingerprint density at radius 3 is 2.00 bits per heavy atom. The number of anilines is 1. The number of hydrogen-bond acceptors (Lipinski definition) is 2. The van der Waals surface area contributed by atoms with Crippen LogP contribution in [0, 0.1) is 12.3 Å². The highest BCUT2D eigenvalue weighted by Gasteiger charge is 2.18. The number of nitrogens with zero attached hydrogens (tertiary/aromatic N) is 1. The van der Waals surface area contributed by atoms with Crippen LogP contribution in [-0.2, 0) is 9.59 Å². The molecular weight excluding hydrogens is 407 g/mol. The molecule has 2 atom stereocenters. The van der Waals surface area contributed by atoms with Crippen molar-refractivity contribution in [2.75, 3.05) is 10.8 Å². The van der Waals surface area contributed by atoms with Gasteiger partial charge in [0, 0.05) is 11.7 Å². The summed E-state index contributed by atoms with van der Waals surface area (Å²) in [7, 11) is 0. The summed E-state index contributed by atoms with van der Waals surface area (Å²) in [5.41, 5.74) is 1.66. The Balaban J connectivity index is 0.000000291. The molecule has 4 nitrogen and oxygen atoms in total. The quantitative estimate of drug-likeness (QED) is 0.527. The maximum Gasteiger partial charge on any atom is 0.243 e. The van der Waals surface area contributed by atoms with Crippen molar-refractivity contribution in [3.8, 4) is 12.3 Å². The minimum atomic E-state index is -0.693. The second-order valence-electron chi connectivity index (χ2n) is 6.50. The average molecular weight is 433 g/mol. The Morgan fingerprint density at radius 2 is 1.55 bits per heavy atom. The Labute approximate surface area is 183 Å². The van der Waals surface area contributed by atoms with E-state index in [4.69, 9.17) is 29.6 Å². The fraction of sp³-hybridized carbons (Fsp3) is 0.304. The van der Waals surface area contributed by atoms with Gasteiger partial charge in [-0.05, 0) is 38.5 Å². The molecule has 1 N–H and O–H groups in total. The molecule has 0 aromatic heterocycles. The molecule has 6 heteroatoms. The van der Waals surface area contributed by atoms with Gasteiger partial charge in [-0.3, -0.25) is 9.59 Å². The lowest BCUT2D eigenvalue weighted by molar-refractivity contribution is -0.121. The molecule has 0 fully saturated rings. The van der Waals surface area contributed by atoms with Crippen molar-refractivity contribution in [1.29, 1.82) is 0 Å². The molecule has 0 aliphatic rings. The van der Waals surface area contributed by atoms with Gasteiger partial charge in [-0.15, -0.1) is 29.6 Å². The van der Waals surface area contributed by atoms with Gasteiger partial charge in [0.1, 0.15) is 11.3 Å². The van der Waals surface area contributed by atoms with E-state index in [2.05, 4.69) is 11.2 Å². The zero-order chi connectivity index (χ0) is 21.8. The van der Waals surface area contributed by atoms with E-state index >= 15 is 0 Å². The number of hydrogen-bond donors (Lipinski definition) is 1. The van der Waals surface area contributed by atoms with E-state index in [0.29, 0.717) is 0 Å². The van der Waals surface area contributed by atoms with Gasteiger partial charge in [0.15, 0.2) is 0 Å². The summed E-state index contributed by atoms with van der Waals surface area (Å²) in [5.74, 6) is 2.10. The van der Waals surface area contributed by atoms with Crippen LogP contribution in [0.4, 0.5) is 5.69 Å². The second kappa shape index (κ2) is 12.9. The van der Waals surface area contributed by atoms with Crippen molar-refractivity contribution in [1.82, 2.24) is 5.32 Å². The van der Waals surface area contributed by atoms with Gasteiger partial charge >= 0.3 is 0 Å². The molecule has 2 rings (SSSR count). The third-order valence-corrected chi connectivity index (χ3v) is 4.54. The summed E-state index contributed by atoms with van der Waals surface area (Å²) < 4.78 is 0. The number of nitrogens with one attached hydrogen (secondary N) is 1. The first-order valence-corrected chi connectivity index (χ1v) is 10.2. The highest BCUT2D eigenvalue weighted by atomic mass is 35.5. The van der Waals surface area contributed by atoms with Crippen LogP contribution in [-0.4, -0.2) is 29.8 Å². The predicted molar refractivity (Wildman–Crippen MR) is 121 cm³/mol. The summed E-state index contributed by atoms with van der Waals surface area (Å²) in [5, 5.41) is 1.93. The average Bonchev–Trinajstić information content (AvgIpc) is 2.74. The summed E-state index contributed by atoms with van der Waals surface area (Å²) in [6, 6.07) is 18.5. The molecule has 154 valence electrons. The summed E-state index contributed by atoms with van der Waals surface area (Å²) >= 11 is 11.5. The lowest BCUT2D eigenvalue weighted by atomic mass is 10.1. The molecule has 2 unspecified atom stereocenters. The van der Waals surface area contributed by atoms with Gasteiger partial charge in [0.2, 0.25) is 11.8 Å². The minimum absolute atomic E-state index is 0.0209. The Morgan fingerprint density at radius 1 is 1.03 bits per heavy atom. The number of benzene rings is 2. The summed E-state index contributed by atoms with van der Waals surface area (Å²) in [4.78, 5) is 24.8. The maximum atomic E-state index is 11.6. The standard InChI is InChI=1S/C12H12ClNO.C11H14ClNO/c1-3-9(2)14-12(15)11(13)10-7-5-4-6-8-10;1-9(2)13(11(14)8-12)10-6-4-3-5-7-10/h1,4-9,11H,2H3,(H,14,15);3-7,9H,8H2,1-2H3. The molecule has 0 saturated heterocycles. The van der Waals surface area contributed by atoms with E-state index in [0.717, 1.165) is 11.3 Å². The Kier molecular flexibility index (Phi) is 10.9. The number of para-hydroxylation sites is 1. The Hall–Kier alpha value is -2.48. The molecule has 0 bridgehead atoms. The van der Waals surface area contributed by atoms with E-state index in [-0.39, 0.29) is 29.8 Å². The SMILES string of the molecule is C#CC(C)NC(=O)C(Cl)c1ccccc1.CC(C)N(C(=O)CCl)c1ccccc1. The van der Waals surface area contributed by atoms with Gasteiger partial charge in [0.05, 0.1) is 6.04 Å². The van der Waals surface area contributed by atoms with Crippen LogP contribution in [0.15, 0.2) is 60.7 Å². The van der Waals surface area contributed by atoms with Crippen LogP contribution in [0.25, 0.3) is 0 Å². The number of halogens is 2. The zero-order valence-corrected chi connectivity index (χ0v) is 18.3. The Bertz CT molecular complexity index is 805. The predicted octanol–water partition coefficient (Wildman–Crippen LogP) is 4.77. The molecule has 0 radical (unpaired) electrons. The van der Waals surface area contributed by atoms with Crippen LogP contribution in [0.3, 0.4) is 0 Å². The van der Waals surface area contributed by atoms with E-state index in [9.17, 15) is 9.59 Å². The smallest absolute Gasteiger partial charge is 0.243 e. The number of amides is 2. The summed E-state index contributed by atoms with van der Waals surface area (Å²) in [6.07, 6.45) is 5.15. The molecule has 0 saturated carbocycles. The first-order chi connectivity index (χ1) is 13.8. The van der Waals surface area contributed by atoms with Crippen LogP contribution >= 0.6 is 23.2 Å². The molecular formula is C23H26Cl2N2O2. The largest absolute Gasteiger partial charge is 0.341 e. The maximum absolute atomic E-state index is 11.6. The molecule has 0 aliphatic carbocycles. The van der Waals surface area contributed by atoms with Crippen molar-refractivity contribution in [3.63, 3.8) is 0 Å². The van der Waals surface area contributed by atoms with Crippen LogP contribution < -0.4 is 10.2 Å². The number of terminal acetylenes is 1. The third kappa shape index (κ3) is 8.19. The molecule has 0 aliphatic heterocycles. The van der Waals surface area contributed by atoms with E-state index < -0.39 is 5.38 Å². The lowest BCUT2D eigenvalue weighted by Gasteiger charge is -2.25. The van der Waals surface area contributed by atoms with Gasteiger partial charge in [-0.25, -0.2) is 0 Å². The number of carbonyl (C=O) groups excluding carboxylic acids is 2. The minimum Gasteiger partial charge on any atom is -0.341 e. The van der Waals surface area contributed by atoms with Crippen molar-refractivity contribution >= 4 is 40.7 Å². The highest BCUT2D eigenvalue weighted by Crippen LogP contribution is 2.20. The zero-order valence-electron chi connectivity index (χ0n) is 16.8. The van der Waals surface area contributed by atoms with E-state index in [1.165, 1.54) is 0 Å². The summed E-state index contributed by atoms with van der Waals surface area (Å²) in [6.45, 7) is 5.67. The highest BCUT2D eigenvalue weighted by molar-refractivity contribution is 6.30. The molecule has 29 heavy (non-hydrogen) atoms. The van der Waals surface area contributed by atoms with Crippen LogP contribution in [0.2, 0.25) is 0 Å². The van der Waals surface area contributed by atoms with E-state index in [1.807, 2.05) is 62.4 Å². The lowest BCUT2D eigenvalue weighted by Crippen LogP contribution is -2.37. The normalized spacial score (nSPS) is 12.0. The van der Waals surface area contributed by atoms with Crippen molar-refractivity contribution in [2.45, 2.75) is 38.2 Å². The fourth-order valence-electron chi connectivity index (χ4n) is 2.48. The van der Waals surface area contributed by atoms with Crippen LogP contribution in [0.5, 0.6) is 0 Å².